The minimum Gasteiger partial charge on any atom is -0.318 e. The number of halogens is 1. The number of hydrogen-bond acceptors (Lipinski definition) is 3. The van der Waals surface area contributed by atoms with Crippen molar-refractivity contribution in [3.63, 3.8) is 0 Å². The minimum atomic E-state index is -0.219. The molecule has 0 spiro atoms. The first-order chi connectivity index (χ1) is 14.7. The topological polar surface area (TPSA) is 52.7 Å². The molecule has 0 fully saturated rings. The molecule has 0 unspecified atom stereocenters. The lowest BCUT2D eigenvalue weighted by atomic mass is 10.2. The predicted molar refractivity (Wildman–Crippen MR) is 118 cm³/mol. The summed E-state index contributed by atoms with van der Waals surface area (Å²) in [5.41, 5.74) is 4.24. The van der Waals surface area contributed by atoms with Gasteiger partial charge >= 0.3 is 0 Å². The van der Waals surface area contributed by atoms with Gasteiger partial charge in [0.1, 0.15) is 5.69 Å². The Hall–Kier alpha value is -3.70. The molecular formula is C24H17ClN4O. The number of benzene rings is 3. The van der Waals surface area contributed by atoms with Crippen molar-refractivity contribution in [1.82, 2.24) is 19.3 Å². The summed E-state index contributed by atoms with van der Waals surface area (Å²) in [6.45, 7) is 0.661. The number of para-hydroxylation sites is 2. The van der Waals surface area contributed by atoms with Crippen LogP contribution in [0.25, 0.3) is 22.6 Å². The quantitative estimate of drug-likeness (QED) is 0.403. The maximum Gasteiger partial charge on any atom is 0.278 e. The zero-order valence-corrected chi connectivity index (χ0v) is 16.7. The lowest BCUT2D eigenvalue weighted by Gasteiger charge is -2.08. The summed E-state index contributed by atoms with van der Waals surface area (Å²) in [6.07, 6.45) is 1.67. The largest absolute Gasteiger partial charge is 0.318 e. The molecule has 30 heavy (non-hydrogen) atoms. The summed E-state index contributed by atoms with van der Waals surface area (Å²) in [7, 11) is 0. The second-order valence-corrected chi connectivity index (χ2v) is 7.39. The Morgan fingerprint density at radius 2 is 1.60 bits per heavy atom. The molecular weight excluding hydrogens is 396 g/mol. The Bertz CT molecular complexity index is 1340. The van der Waals surface area contributed by atoms with E-state index in [-0.39, 0.29) is 5.91 Å². The van der Waals surface area contributed by atoms with Crippen molar-refractivity contribution < 1.29 is 4.79 Å². The van der Waals surface area contributed by atoms with Gasteiger partial charge in [-0.1, -0.05) is 54.1 Å². The van der Waals surface area contributed by atoms with Crippen LogP contribution in [0.3, 0.4) is 0 Å². The predicted octanol–water partition coefficient (Wildman–Crippen LogP) is 5.29. The number of fused-ring (bicyclic) bond motifs is 1. The normalized spacial score (nSPS) is 11.1. The smallest absolute Gasteiger partial charge is 0.278 e. The summed E-state index contributed by atoms with van der Waals surface area (Å²) < 4.78 is 3.47. The van der Waals surface area contributed by atoms with Crippen LogP contribution in [-0.4, -0.2) is 25.2 Å². The summed E-state index contributed by atoms with van der Waals surface area (Å²) >= 11 is 5.92. The molecule has 0 saturated carbocycles. The molecule has 0 bridgehead atoms. The van der Waals surface area contributed by atoms with E-state index in [2.05, 4.69) is 21.8 Å². The van der Waals surface area contributed by atoms with Gasteiger partial charge in [-0.2, -0.15) is 5.10 Å². The van der Waals surface area contributed by atoms with E-state index in [0.29, 0.717) is 22.8 Å². The Labute approximate surface area is 178 Å². The van der Waals surface area contributed by atoms with Crippen LogP contribution >= 0.6 is 11.6 Å². The molecule has 5 aromatic rings. The Morgan fingerprint density at radius 1 is 0.867 bits per heavy atom. The van der Waals surface area contributed by atoms with Crippen LogP contribution in [0.2, 0.25) is 5.02 Å². The van der Waals surface area contributed by atoms with Crippen molar-refractivity contribution in [3.8, 4) is 11.5 Å². The van der Waals surface area contributed by atoms with Gasteiger partial charge in [-0.25, -0.2) is 9.67 Å². The van der Waals surface area contributed by atoms with Crippen molar-refractivity contribution in [3.05, 3.63) is 107 Å². The first-order valence-corrected chi connectivity index (χ1v) is 9.92. The Kier molecular flexibility index (Phi) is 4.65. The van der Waals surface area contributed by atoms with Crippen molar-refractivity contribution >= 4 is 28.5 Å². The molecule has 3 aromatic carbocycles. The highest BCUT2D eigenvalue weighted by atomic mass is 35.5. The third-order valence-corrected chi connectivity index (χ3v) is 5.21. The Balaban J connectivity index is 1.56. The van der Waals surface area contributed by atoms with Gasteiger partial charge in [0.15, 0.2) is 5.82 Å². The lowest BCUT2D eigenvalue weighted by Crippen LogP contribution is -2.12. The maximum absolute atomic E-state index is 12.8. The fourth-order valence-corrected chi connectivity index (χ4v) is 3.60. The van der Waals surface area contributed by atoms with Gasteiger partial charge in [-0.15, -0.1) is 0 Å². The lowest BCUT2D eigenvalue weighted by molar-refractivity contribution is 0.0945. The molecule has 5 rings (SSSR count). The second kappa shape index (κ2) is 7.61. The zero-order valence-electron chi connectivity index (χ0n) is 15.9. The highest BCUT2D eigenvalue weighted by Gasteiger charge is 2.17. The molecule has 2 aromatic heterocycles. The molecule has 0 amide bonds. The average molecular weight is 413 g/mol. The Morgan fingerprint density at radius 3 is 2.40 bits per heavy atom. The van der Waals surface area contributed by atoms with Crippen molar-refractivity contribution in [2.24, 2.45) is 0 Å². The second-order valence-electron chi connectivity index (χ2n) is 6.95. The fraction of sp³-hybridized carbons (Fsp3) is 0.0417. The number of carbonyl (C=O) groups is 1. The van der Waals surface area contributed by atoms with Crippen LogP contribution in [0.1, 0.15) is 15.9 Å². The molecule has 0 radical (unpaired) electrons. The van der Waals surface area contributed by atoms with Crippen LogP contribution in [-0.2, 0) is 6.54 Å². The molecule has 6 heteroatoms. The standard InChI is InChI=1S/C24H17ClN4O/c25-19-12-10-18(11-13-19)24(30)29-15-14-21(27-29)23-26-20-8-4-5-9-22(20)28(23)16-17-6-2-1-3-7-17/h1-15H,16H2. The first kappa shape index (κ1) is 18.3. The molecule has 0 aliphatic heterocycles. The molecule has 146 valence electrons. The molecule has 0 aliphatic rings. The molecule has 0 N–H and O–H groups in total. The van der Waals surface area contributed by atoms with Crippen LogP contribution < -0.4 is 0 Å². The summed E-state index contributed by atoms with van der Waals surface area (Å²) in [5.74, 6) is 0.506. The van der Waals surface area contributed by atoms with Gasteiger partial charge < -0.3 is 4.57 Å². The minimum absolute atomic E-state index is 0.219. The SMILES string of the molecule is O=C(c1ccc(Cl)cc1)n1ccc(-c2nc3ccccc3n2Cc2ccccc2)n1. The van der Waals surface area contributed by atoms with E-state index < -0.39 is 0 Å². The molecule has 0 saturated heterocycles. The summed E-state index contributed by atoms with van der Waals surface area (Å²) in [6, 6.07) is 26.8. The highest BCUT2D eigenvalue weighted by Crippen LogP contribution is 2.25. The van der Waals surface area contributed by atoms with E-state index in [1.807, 2.05) is 48.5 Å². The molecule has 5 nitrogen and oxygen atoms in total. The van der Waals surface area contributed by atoms with E-state index in [1.165, 1.54) is 10.2 Å². The molecule has 0 atom stereocenters. The van der Waals surface area contributed by atoms with E-state index >= 15 is 0 Å². The van der Waals surface area contributed by atoms with Crippen LogP contribution in [0, 0.1) is 0 Å². The summed E-state index contributed by atoms with van der Waals surface area (Å²) in [5, 5.41) is 5.11. The number of nitrogens with zero attached hydrogens (tertiary/aromatic N) is 4. The van der Waals surface area contributed by atoms with Gasteiger partial charge in [0, 0.05) is 23.3 Å². The van der Waals surface area contributed by atoms with Gasteiger partial charge in [0.25, 0.3) is 5.91 Å². The number of aromatic nitrogens is 4. The molecule has 2 heterocycles. The van der Waals surface area contributed by atoms with E-state index in [9.17, 15) is 4.79 Å². The van der Waals surface area contributed by atoms with Gasteiger partial charge in [-0.05, 0) is 48.0 Å². The fourth-order valence-electron chi connectivity index (χ4n) is 3.48. The van der Waals surface area contributed by atoms with Gasteiger partial charge in [0.05, 0.1) is 11.0 Å². The third-order valence-electron chi connectivity index (χ3n) is 4.96. The van der Waals surface area contributed by atoms with E-state index in [1.54, 1.807) is 30.5 Å². The highest BCUT2D eigenvalue weighted by molar-refractivity contribution is 6.30. The number of imidazole rings is 1. The third kappa shape index (κ3) is 3.40. The van der Waals surface area contributed by atoms with E-state index in [0.717, 1.165) is 16.9 Å². The number of hydrogen-bond donors (Lipinski definition) is 0. The number of rotatable bonds is 4. The monoisotopic (exact) mass is 412 g/mol. The van der Waals surface area contributed by atoms with Crippen molar-refractivity contribution in [1.29, 1.82) is 0 Å². The average Bonchev–Trinajstić information content (AvgIpc) is 3.40. The van der Waals surface area contributed by atoms with Crippen LogP contribution in [0.5, 0.6) is 0 Å². The maximum atomic E-state index is 12.8. The first-order valence-electron chi connectivity index (χ1n) is 9.54. The van der Waals surface area contributed by atoms with Crippen LogP contribution in [0.15, 0.2) is 91.1 Å². The van der Waals surface area contributed by atoms with E-state index in [4.69, 9.17) is 16.6 Å². The zero-order chi connectivity index (χ0) is 20.5. The number of carbonyl (C=O) groups excluding carboxylic acids is 1. The van der Waals surface area contributed by atoms with Gasteiger partial charge in [-0.3, -0.25) is 4.79 Å². The van der Waals surface area contributed by atoms with Crippen molar-refractivity contribution in [2.75, 3.05) is 0 Å². The molecule has 0 aliphatic carbocycles. The van der Waals surface area contributed by atoms with Gasteiger partial charge in [0.2, 0.25) is 0 Å². The summed E-state index contributed by atoms with van der Waals surface area (Å²) in [4.78, 5) is 17.6. The van der Waals surface area contributed by atoms with Crippen LogP contribution in [0.4, 0.5) is 0 Å². The van der Waals surface area contributed by atoms with Crippen molar-refractivity contribution in [2.45, 2.75) is 6.54 Å².